The second-order valence-corrected chi connectivity index (χ2v) is 9.57. The molecule has 1 atom stereocenters. The minimum Gasteiger partial charge on any atom is -0.491 e. The number of amides is 2. The number of carbonyl (C=O) groups is 2. The lowest BCUT2D eigenvalue weighted by Crippen LogP contribution is -2.48. The quantitative estimate of drug-likeness (QED) is 0.463. The summed E-state index contributed by atoms with van der Waals surface area (Å²) in [5.74, 6) is 0.0375. The van der Waals surface area contributed by atoms with Gasteiger partial charge < -0.3 is 14.5 Å². The second kappa shape index (κ2) is 10.3. The fourth-order valence-corrected chi connectivity index (χ4v) is 5.53. The number of benzene rings is 1. The van der Waals surface area contributed by atoms with Crippen molar-refractivity contribution in [3.05, 3.63) is 74.4 Å². The lowest BCUT2D eigenvalue weighted by molar-refractivity contribution is -0.135. The third kappa shape index (κ3) is 5.02. The van der Waals surface area contributed by atoms with Crippen molar-refractivity contribution >= 4 is 34.5 Å². The first kappa shape index (κ1) is 22.5. The zero-order valence-electron chi connectivity index (χ0n) is 17.8. The van der Waals surface area contributed by atoms with Crippen molar-refractivity contribution < 1.29 is 18.7 Å². The first-order valence-electron chi connectivity index (χ1n) is 10.6. The van der Waals surface area contributed by atoms with Crippen molar-refractivity contribution in [1.29, 1.82) is 0 Å². The molecule has 32 heavy (non-hydrogen) atoms. The fourth-order valence-electron chi connectivity index (χ4n) is 3.91. The molecule has 0 fully saturated rings. The maximum atomic E-state index is 13.4. The molecular weight excluding hydrogens is 447 g/mol. The first-order valence-corrected chi connectivity index (χ1v) is 12.4. The minimum absolute atomic E-state index is 0.0388. The van der Waals surface area contributed by atoms with Gasteiger partial charge in [0, 0.05) is 18.0 Å². The van der Waals surface area contributed by atoms with Gasteiger partial charge in [0.05, 0.1) is 10.9 Å². The maximum Gasteiger partial charge on any atom is 0.264 e. The molecule has 2 amide bonds. The van der Waals surface area contributed by atoms with Crippen molar-refractivity contribution in [2.24, 2.45) is 0 Å². The molecule has 0 saturated carbocycles. The van der Waals surface area contributed by atoms with E-state index in [1.807, 2.05) is 34.7 Å². The van der Waals surface area contributed by atoms with Gasteiger partial charge in [0.25, 0.3) is 5.91 Å². The summed E-state index contributed by atoms with van der Waals surface area (Å²) in [6, 6.07) is 11.3. The van der Waals surface area contributed by atoms with Crippen LogP contribution in [-0.4, -0.2) is 47.9 Å². The van der Waals surface area contributed by atoms with E-state index in [0.29, 0.717) is 23.7 Å². The lowest BCUT2D eigenvalue weighted by atomic mass is 10.0. The number of fused-ring (bicyclic) bond motifs is 1. The van der Waals surface area contributed by atoms with Crippen LogP contribution in [0, 0.1) is 5.82 Å². The molecule has 4 rings (SSSR count). The molecule has 1 aliphatic heterocycles. The average molecular weight is 473 g/mol. The first-order chi connectivity index (χ1) is 15.6. The molecule has 8 heteroatoms. The van der Waals surface area contributed by atoms with Gasteiger partial charge in [0.2, 0.25) is 5.91 Å². The van der Waals surface area contributed by atoms with E-state index in [-0.39, 0.29) is 36.8 Å². The Morgan fingerprint density at radius 3 is 2.69 bits per heavy atom. The molecule has 0 bridgehead atoms. The van der Waals surface area contributed by atoms with Crippen molar-refractivity contribution in [3.8, 4) is 5.75 Å². The molecule has 0 spiro atoms. The van der Waals surface area contributed by atoms with E-state index in [9.17, 15) is 14.0 Å². The summed E-state index contributed by atoms with van der Waals surface area (Å²) in [6.07, 6.45) is 1.56. The Kier molecular flexibility index (Phi) is 7.22. The topological polar surface area (TPSA) is 49.9 Å². The predicted molar refractivity (Wildman–Crippen MR) is 125 cm³/mol. The van der Waals surface area contributed by atoms with Crippen LogP contribution in [0.15, 0.2) is 53.2 Å². The van der Waals surface area contributed by atoms with Crippen LogP contribution >= 0.6 is 22.7 Å². The third-order valence-electron chi connectivity index (χ3n) is 5.48. The van der Waals surface area contributed by atoms with Gasteiger partial charge in [-0.3, -0.25) is 9.59 Å². The second-order valence-electron chi connectivity index (χ2n) is 7.62. The number of halogens is 1. The summed E-state index contributed by atoms with van der Waals surface area (Å²) in [6.45, 7) is 3.41. The predicted octanol–water partition coefficient (Wildman–Crippen LogP) is 5.01. The number of hydrogen-bond acceptors (Lipinski definition) is 5. The highest BCUT2D eigenvalue weighted by atomic mass is 32.1. The van der Waals surface area contributed by atoms with E-state index in [0.717, 1.165) is 18.4 Å². The maximum absolute atomic E-state index is 13.4. The number of hydrogen-bond donors (Lipinski definition) is 0. The van der Waals surface area contributed by atoms with E-state index in [2.05, 4.69) is 0 Å². The molecule has 0 saturated heterocycles. The molecule has 1 unspecified atom stereocenters. The smallest absolute Gasteiger partial charge is 0.264 e. The van der Waals surface area contributed by atoms with Crippen molar-refractivity contribution in [2.75, 3.05) is 26.2 Å². The molecule has 5 nitrogen and oxygen atoms in total. The van der Waals surface area contributed by atoms with Gasteiger partial charge in [0.1, 0.15) is 24.7 Å². The van der Waals surface area contributed by atoms with Gasteiger partial charge in [-0.05, 0) is 65.6 Å². The highest BCUT2D eigenvalue weighted by Crippen LogP contribution is 2.34. The number of rotatable bonds is 8. The Morgan fingerprint density at radius 2 is 1.97 bits per heavy atom. The largest absolute Gasteiger partial charge is 0.491 e. The number of carbonyl (C=O) groups excluding carboxylic acids is 2. The molecule has 3 aromatic rings. The molecule has 3 heterocycles. The SMILES string of the molecule is CCCN(CC(=O)N1CCc2sccc2C1COc1ccc(F)cc1)C(=O)c1cccs1. The molecule has 1 aromatic carbocycles. The minimum atomic E-state index is -0.321. The summed E-state index contributed by atoms with van der Waals surface area (Å²) in [4.78, 5) is 31.6. The summed E-state index contributed by atoms with van der Waals surface area (Å²) >= 11 is 3.07. The third-order valence-corrected chi connectivity index (χ3v) is 7.33. The fraction of sp³-hybridized carbons (Fsp3) is 0.333. The van der Waals surface area contributed by atoms with E-state index in [1.54, 1.807) is 34.4 Å². The van der Waals surface area contributed by atoms with Gasteiger partial charge >= 0.3 is 0 Å². The monoisotopic (exact) mass is 472 g/mol. The van der Waals surface area contributed by atoms with Crippen molar-refractivity contribution in [3.63, 3.8) is 0 Å². The summed E-state index contributed by atoms with van der Waals surface area (Å²) in [5.41, 5.74) is 1.09. The van der Waals surface area contributed by atoms with Crippen LogP contribution in [0.1, 0.15) is 39.5 Å². The molecule has 168 valence electrons. The highest BCUT2D eigenvalue weighted by molar-refractivity contribution is 7.12. The molecule has 0 aliphatic carbocycles. The van der Waals surface area contributed by atoms with Gasteiger partial charge in [0.15, 0.2) is 0 Å². The van der Waals surface area contributed by atoms with Crippen molar-refractivity contribution in [2.45, 2.75) is 25.8 Å². The van der Waals surface area contributed by atoms with Gasteiger partial charge in [-0.15, -0.1) is 22.7 Å². The average Bonchev–Trinajstić information content (AvgIpc) is 3.50. The van der Waals surface area contributed by atoms with E-state index in [4.69, 9.17) is 4.74 Å². The van der Waals surface area contributed by atoms with Crippen LogP contribution in [0.2, 0.25) is 0 Å². The standard InChI is InChI=1S/C24H25FN2O3S2/c1-2-11-26(24(29)22-4-3-13-31-22)15-23(28)27-12-9-21-19(10-14-32-21)20(27)16-30-18-7-5-17(25)6-8-18/h3-8,10,13-14,20H,2,9,11-12,15-16H2,1H3. The van der Waals surface area contributed by atoms with Crippen molar-refractivity contribution in [1.82, 2.24) is 9.80 Å². The number of ether oxygens (including phenoxy) is 1. The normalized spacial score (nSPS) is 15.3. The van der Waals surface area contributed by atoms with Gasteiger partial charge in [-0.25, -0.2) is 4.39 Å². The summed E-state index contributed by atoms with van der Waals surface area (Å²) in [5, 5.41) is 3.90. The lowest BCUT2D eigenvalue weighted by Gasteiger charge is -2.37. The Morgan fingerprint density at radius 1 is 1.16 bits per heavy atom. The van der Waals surface area contributed by atoms with E-state index < -0.39 is 0 Å². The molecule has 0 N–H and O–H groups in total. The van der Waals surface area contributed by atoms with Gasteiger partial charge in [-0.1, -0.05) is 13.0 Å². The Balaban J connectivity index is 1.50. The van der Waals surface area contributed by atoms with Gasteiger partial charge in [-0.2, -0.15) is 0 Å². The van der Waals surface area contributed by atoms with Crippen LogP contribution in [0.4, 0.5) is 4.39 Å². The molecule has 1 aliphatic rings. The van der Waals surface area contributed by atoms with E-state index >= 15 is 0 Å². The van der Waals surface area contributed by atoms with Crippen LogP contribution in [0.5, 0.6) is 5.75 Å². The summed E-state index contributed by atoms with van der Waals surface area (Å²) in [7, 11) is 0. The van der Waals surface area contributed by atoms with Crippen LogP contribution < -0.4 is 4.74 Å². The Bertz CT molecular complexity index is 1050. The molecule has 2 aromatic heterocycles. The summed E-state index contributed by atoms with van der Waals surface area (Å²) < 4.78 is 19.1. The molecule has 0 radical (unpaired) electrons. The van der Waals surface area contributed by atoms with Crippen LogP contribution in [0.3, 0.4) is 0 Å². The zero-order valence-corrected chi connectivity index (χ0v) is 19.5. The van der Waals surface area contributed by atoms with Crippen LogP contribution in [-0.2, 0) is 11.2 Å². The molecular formula is C24H25FN2O3S2. The van der Waals surface area contributed by atoms with E-state index in [1.165, 1.54) is 28.3 Å². The Hall–Kier alpha value is -2.71. The number of nitrogens with zero attached hydrogens (tertiary/aromatic N) is 2. The Labute approximate surface area is 195 Å². The number of thiophene rings is 2. The van der Waals surface area contributed by atoms with Crippen LogP contribution in [0.25, 0.3) is 0 Å². The highest BCUT2D eigenvalue weighted by Gasteiger charge is 2.33. The zero-order chi connectivity index (χ0) is 22.5.